The van der Waals surface area contributed by atoms with Crippen molar-refractivity contribution >= 4 is 17.5 Å². The lowest BCUT2D eigenvalue weighted by Gasteiger charge is -2.21. The molecule has 31 heavy (non-hydrogen) atoms. The van der Waals surface area contributed by atoms with E-state index in [1.165, 1.54) is 13.0 Å². The Bertz CT molecular complexity index is 1030. The summed E-state index contributed by atoms with van der Waals surface area (Å²) in [6.07, 6.45) is -1.18. The Morgan fingerprint density at radius 3 is 2.48 bits per heavy atom. The van der Waals surface area contributed by atoms with E-state index in [0.29, 0.717) is 11.5 Å². The molecule has 0 saturated carbocycles. The molecule has 0 amide bonds. The number of halogens is 3. The van der Waals surface area contributed by atoms with Crippen LogP contribution in [0.3, 0.4) is 0 Å². The minimum Gasteiger partial charge on any atom is -0.394 e. The molecule has 0 aliphatic rings. The van der Waals surface area contributed by atoms with Crippen molar-refractivity contribution in [1.29, 1.82) is 0 Å². The van der Waals surface area contributed by atoms with Gasteiger partial charge in [-0.1, -0.05) is 19.9 Å². The average Bonchev–Trinajstić information content (AvgIpc) is 2.73. The molecule has 3 N–H and O–H groups in total. The minimum absolute atomic E-state index is 0.110. The highest BCUT2D eigenvalue weighted by atomic mass is 19.4. The van der Waals surface area contributed by atoms with Crippen molar-refractivity contribution in [2.75, 3.05) is 17.2 Å². The van der Waals surface area contributed by atoms with Gasteiger partial charge in [0.2, 0.25) is 5.95 Å². The van der Waals surface area contributed by atoms with Gasteiger partial charge in [-0.25, -0.2) is 4.98 Å². The second-order valence-corrected chi connectivity index (χ2v) is 7.53. The molecule has 0 saturated heterocycles. The number of anilines is 3. The zero-order valence-electron chi connectivity index (χ0n) is 17.4. The quantitative estimate of drug-likeness (QED) is 0.486. The van der Waals surface area contributed by atoms with Crippen LogP contribution in [0.2, 0.25) is 0 Å². The van der Waals surface area contributed by atoms with Gasteiger partial charge in [0.05, 0.1) is 23.9 Å². The van der Waals surface area contributed by atoms with E-state index in [2.05, 4.69) is 25.6 Å². The van der Waals surface area contributed by atoms with Crippen LogP contribution in [0.5, 0.6) is 0 Å². The Balaban J connectivity index is 2.00. The molecular weight excluding hydrogens is 407 g/mol. The highest BCUT2D eigenvalue weighted by molar-refractivity contribution is 5.67. The molecule has 0 unspecified atom stereocenters. The minimum atomic E-state index is -4.45. The Labute approximate surface area is 178 Å². The molecule has 1 atom stereocenters. The Morgan fingerprint density at radius 1 is 1.10 bits per heavy atom. The molecule has 0 aliphatic carbocycles. The molecule has 0 spiro atoms. The number of aliphatic hydroxyl groups is 1. The van der Waals surface area contributed by atoms with Crippen molar-refractivity contribution in [1.82, 2.24) is 15.0 Å². The first-order valence-corrected chi connectivity index (χ1v) is 9.79. The standard InChI is InChI=1S/C22H24F3N5O/c1-13(2)19(12-31)29-21-28-18(15-5-4-8-26-11-15)10-20(30-21)27-16-7-6-14(3)17(9-16)22(23,24)25/h4-11,13,19,31H,12H2,1-3H3,(H2,27,28,29,30)/t19-/m1/s1. The van der Waals surface area contributed by atoms with Gasteiger partial charge in [-0.15, -0.1) is 0 Å². The summed E-state index contributed by atoms with van der Waals surface area (Å²) in [6, 6.07) is 8.97. The molecular formula is C22H24F3N5O. The van der Waals surface area contributed by atoms with Crippen LogP contribution in [0.15, 0.2) is 48.8 Å². The summed E-state index contributed by atoms with van der Waals surface area (Å²) in [5, 5.41) is 15.7. The monoisotopic (exact) mass is 431 g/mol. The number of aliphatic hydroxyl groups excluding tert-OH is 1. The largest absolute Gasteiger partial charge is 0.416 e. The summed E-state index contributed by atoms with van der Waals surface area (Å²) in [4.78, 5) is 13.0. The molecule has 0 fully saturated rings. The number of aromatic nitrogens is 3. The Morgan fingerprint density at radius 2 is 1.87 bits per heavy atom. The van der Waals surface area contributed by atoms with Crippen molar-refractivity contribution in [2.45, 2.75) is 33.0 Å². The normalized spacial score (nSPS) is 12.6. The van der Waals surface area contributed by atoms with E-state index >= 15 is 0 Å². The lowest BCUT2D eigenvalue weighted by molar-refractivity contribution is -0.138. The van der Waals surface area contributed by atoms with Gasteiger partial charge in [0.1, 0.15) is 5.82 Å². The van der Waals surface area contributed by atoms with Crippen LogP contribution < -0.4 is 10.6 Å². The molecule has 0 aliphatic heterocycles. The number of rotatable bonds is 7. The summed E-state index contributed by atoms with van der Waals surface area (Å²) in [5.74, 6) is 0.673. The zero-order valence-corrected chi connectivity index (χ0v) is 17.4. The number of nitrogens with one attached hydrogen (secondary N) is 2. The van der Waals surface area contributed by atoms with Gasteiger partial charge in [-0.2, -0.15) is 18.2 Å². The predicted octanol–water partition coefficient (Wildman–Crippen LogP) is 5.04. The van der Waals surface area contributed by atoms with Crippen molar-refractivity contribution in [3.63, 3.8) is 0 Å². The van der Waals surface area contributed by atoms with Crippen molar-refractivity contribution in [2.24, 2.45) is 5.92 Å². The first-order chi connectivity index (χ1) is 14.7. The van der Waals surface area contributed by atoms with Crippen LogP contribution in [0.1, 0.15) is 25.0 Å². The fraction of sp³-hybridized carbons (Fsp3) is 0.318. The molecule has 6 nitrogen and oxygen atoms in total. The molecule has 164 valence electrons. The number of alkyl halides is 3. The van der Waals surface area contributed by atoms with E-state index in [1.807, 2.05) is 19.9 Å². The van der Waals surface area contributed by atoms with Gasteiger partial charge in [0, 0.05) is 29.7 Å². The van der Waals surface area contributed by atoms with Gasteiger partial charge in [-0.3, -0.25) is 4.98 Å². The zero-order chi connectivity index (χ0) is 22.6. The van der Waals surface area contributed by atoms with Gasteiger partial charge in [0.15, 0.2) is 0 Å². The number of nitrogens with zero attached hydrogens (tertiary/aromatic N) is 3. The van der Waals surface area contributed by atoms with E-state index < -0.39 is 11.7 Å². The van der Waals surface area contributed by atoms with Crippen molar-refractivity contribution in [3.8, 4) is 11.3 Å². The van der Waals surface area contributed by atoms with Crippen LogP contribution >= 0.6 is 0 Å². The summed E-state index contributed by atoms with van der Waals surface area (Å²) < 4.78 is 39.8. The second kappa shape index (κ2) is 9.30. The summed E-state index contributed by atoms with van der Waals surface area (Å²) >= 11 is 0. The van der Waals surface area contributed by atoms with E-state index in [0.717, 1.165) is 11.6 Å². The van der Waals surface area contributed by atoms with Crippen molar-refractivity contribution < 1.29 is 18.3 Å². The number of benzene rings is 1. The third-order valence-corrected chi connectivity index (χ3v) is 4.81. The molecule has 0 bridgehead atoms. The van der Waals surface area contributed by atoms with E-state index in [4.69, 9.17) is 0 Å². The second-order valence-electron chi connectivity index (χ2n) is 7.53. The smallest absolute Gasteiger partial charge is 0.394 e. The number of aryl methyl sites for hydroxylation is 1. The van der Waals surface area contributed by atoms with Gasteiger partial charge >= 0.3 is 6.18 Å². The molecule has 3 aromatic rings. The number of pyridine rings is 1. The van der Waals surface area contributed by atoms with Crippen molar-refractivity contribution in [3.05, 3.63) is 59.9 Å². The molecule has 3 rings (SSSR count). The highest BCUT2D eigenvalue weighted by Crippen LogP contribution is 2.34. The van der Waals surface area contributed by atoms with Crippen LogP contribution in [0.4, 0.5) is 30.6 Å². The Kier molecular flexibility index (Phi) is 6.74. The van der Waals surface area contributed by atoms with Gasteiger partial charge in [-0.05, 0) is 42.7 Å². The predicted molar refractivity (Wildman–Crippen MR) is 114 cm³/mol. The van der Waals surface area contributed by atoms with Crippen LogP contribution in [-0.2, 0) is 6.18 Å². The molecule has 0 radical (unpaired) electrons. The van der Waals surface area contributed by atoms with Gasteiger partial charge in [0.25, 0.3) is 0 Å². The van der Waals surface area contributed by atoms with Crippen LogP contribution in [0.25, 0.3) is 11.3 Å². The molecule has 1 aromatic carbocycles. The topological polar surface area (TPSA) is 83.0 Å². The first kappa shape index (κ1) is 22.5. The number of hydrogen-bond donors (Lipinski definition) is 3. The molecule has 9 heteroatoms. The molecule has 2 aromatic heterocycles. The SMILES string of the molecule is Cc1ccc(Nc2cc(-c3cccnc3)nc(N[C@H](CO)C(C)C)n2)cc1C(F)(F)F. The third-order valence-electron chi connectivity index (χ3n) is 4.81. The number of hydrogen-bond acceptors (Lipinski definition) is 6. The van der Waals surface area contributed by atoms with Crippen LogP contribution in [-0.4, -0.2) is 32.7 Å². The summed E-state index contributed by atoms with van der Waals surface area (Å²) in [6.45, 7) is 5.19. The fourth-order valence-corrected chi connectivity index (χ4v) is 2.98. The first-order valence-electron chi connectivity index (χ1n) is 9.79. The van der Waals surface area contributed by atoms with E-state index in [1.54, 1.807) is 30.6 Å². The lowest BCUT2D eigenvalue weighted by Crippen LogP contribution is -2.30. The lowest BCUT2D eigenvalue weighted by atomic mass is 10.1. The maximum Gasteiger partial charge on any atom is 0.416 e. The summed E-state index contributed by atoms with van der Waals surface area (Å²) in [5.41, 5.74) is 0.944. The maximum atomic E-state index is 13.3. The van der Waals surface area contributed by atoms with E-state index in [9.17, 15) is 18.3 Å². The highest BCUT2D eigenvalue weighted by Gasteiger charge is 2.32. The summed E-state index contributed by atoms with van der Waals surface area (Å²) in [7, 11) is 0. The fourth-order valence-electron chi connectivity index (χ4n) is 2.98. The Hall–Kier alpha value is -3.20. The average molecular weight is 431 g/mol. The van der Waals surface area contributed by atoms with Gasteiger partial charge < -0.3 is 15.7 Å². The third kappa shape index (κ3) is 5.69. The molecule has 2 heterocycles. The van der Waals surface area contributed by atoms with Crippen LogP contribution in [0, 0.1) is 12.8 Å². The maximum absolute atomic E-state index is 13.3. The van der Waals surface area contributed by atoms with E-state index in [-0.39, 0.29) is 35.8 Å².